The van der Waals surface area contributed by atoms with Crippen LogP contribution >= 0.6 is 0 Å². The fourth-order valence-corrected chi connectivity index (χ4v) is 18.7. The van der Waals surface area contributed by atoms with Gasteiger partial charge >= 0.3 is 18.2 Å². The quantitative estimate of drug-likeness (QED) is 0.0201. The molecule has 6 aliphatic heterocycles. The van der Waals surface area contributed by atoms with E-state index >= 15 is 28.8 Å². The van der Waals surface area contributed by atoms with Gasteiger partial charge < -0.3 is 65.4 Å². The third kappa shape index (κ3) is 26.9. The summed E-state index contributed by atoms with van der Waals surface area (Å²) in [5, 5.41) is 45.6. The first-order valence-corrected chi connectivity index (χ1v) is 50.1. The second-order valence-electron chi connectivity index (χ2n) is 43.7. The lowest BCUT2D eigenvalue weighted by Gasteiger charge is -2.37. The zero-order valence-corrected chi connectivity index (χ0v) is 87.3. The van der Waals surface area contributed by atoms with E-state index in [4.69, 9.17) is 34.0 Å². The number of carbonyl (C=O) groups is 11. The zero-order chi connectivity index (χ0) is 106. The molecule has 0 saturated carbocycles. The van der Waals surface area contributed by atoms with Crippen molar-refractivity contribution in [2.45, 2.75) is 258 Å². The lowest BCUT2D eigenvalue weighted by molar-refractivity contribution is -0.158. The summed E-state index contributed by atoms with van der Waals surface area (Å²) in [4.78, 5) is 172. The lowest BCUT2D eigenvalue weighted by Crippen LogP contribution is -2.61. The van der Waals surface area contributed by atoms with Crippen LogP contribution in [0.4, 0.5) is 9.59 Å². The second-order valence-corrected chi connectivity index (χ2v) is 43.7. The van der Waals surface area contributed by atoms with Crippen molar-refractivity contribution in [2.24, 2.45) is 16.7 Å². The number of fused-ring (bicyclic) bond motifs is 2. The van der Waals surface area contributed by atoms with Crippen LogP contribution < -0.4 is 41.4 Å². The Kier molecular flexibility index (Phi) is 33.4. The minimum atomic E-state index is -1.41. The highest BCUT2D eigenvalue weighted by molar-refractivity contribution is 5.99. The minimum Gasteiger partial charge on any atom is -0.490 e. The lowest BCUT2D eigenvalue weighted by atomic mass is 9.77. The summed E-state index contributed by atoms with van der Waals surface area (Å²) in [7, 11) is 2.86. The van der Waals surface area contributed by atoms with Crippen LogP contribution in [0.15, 0.2) is 243 Å². The van der Waals surface area contributed by atoms with Crippen molar-refractivity contribution in [1.82, 2.24) is 86.7 Å². The number of carbonyl (C=O) groups excluding carboxylic acids is 11. The fourth-order valence-electron chi connectivity index (χ4n) is 18.7. The summed E-state index contributed by atoms with van der Waals surface area (Å²) in [6.45, 7) is 28.9. The van der Waals surface area contributed by atoms with Crippen LogP contribution in [0.25, 0.3) is 21.5 Å². The van der Waals surface area contributed by atoms with Crippen LogP contribution in [0.3, 0.4) is 0 Å². The third-order valence-corrected chi connectivity index (χ3v) is 26.7. The van der Waals surface area contributed by atoms with Gasteiger partial charge in [0.15, 0.2) is 5.82 Å². The predicted molar refractivity (Wildman–Crippen MR) is 557 cm³/mol. The van der Waals surface area contributed by atoms with Crippen LogP contribution in [0.2, 0.25) is 0 Å². The molecule has 12 atom stereocenters. The molecule has 33 nitrogen and oxygen atoms in total. The van der Waals surface area contributed by atoms with E-state index in [9.17, 15) is 24.0 Å². The van der Waals surface area contributed by atoms with E-state index in [0.29, 0.717) is 45.9 Å². The molecule has 2 saturated heterocycles. The molecule has 0 unspecified atom stereocenters. The van der Waals surface area contributed by atoms with E-state index in [2.05, 4.69) is 47.4 Å². The van der Waals surface area contributed by atoms with Crippen LogP contribution in [0.1, 0.15) is 200 Å². The Morgan fingerprint density at radius 3 is 1.37 bits per heavy atom. The number of ether oxygens (including phenoxy) is 5. The molecule has 2 fully saturated rings. The van der Waals surface area contributed by atoms with Gasteiger partial charge in [0.1, 0.15) is 107 Å². The first kappa shape index (κ1) is 108. The topological polar surface area (TPSA) is 393 Å². The van der Waals surface area contributed by atoms with Gasteiger partial charge in [-0.15, -0.1) is 10.2 Å². The number of likely N-dealkylation sites (tertiary alicyclic amines) is 2. The molecule has 0 radical (unpaired) electrons. The Labute approximate surface area is 858 Å². The molecule has 0 aliphatic carbocycles. The smallest absolute Gasteiger partial charge is 0.410 e. The van der Waals surface area contributed by atoms with E-state index in [1.807, 2.05) is 200 Å². The summed E-state index contributed by atoms with van der Waals surface area (Å²) in [6, 6.07) is 57.0. The average Bonchev–Trinajstić information content (AvgIpc) is 1.67. The van der Waals surface area contributed by atoms with Crippen molar-refractivity contribution < 1.29 is 76.4 Å². The molecule has 0 spiro atoms. The number of hydrogen-bond donors (Lipinski definition) is 6. The molecule has 11 aromatic rings. The van der Waals surface area contributed by atoms with Crippen molar-refractivity contribution >= 4 is 87.0 Å². The number of aromatic nitrogens is 7. The molecule has 33 heteroatoms. The van der Waals surface area contributed by atoms with E-state index in [-0.39, 0.29) is 70.7 Å². The summed E-state index contributed by atoms with van der Waals surface area (Å²) in [6.07, 6.45) is 3.96. The maximum Gasteiger partial charge on any atom is 0.410 e. The Morgan fingerprint density at radius 2 is 0.898 bits per heavy atom. The van der Waals surface area contributed by atoms with Crippen LogP contribution in [-0.4, -0.2) is 225 Å². The highest BCUT2D eigenvalue weighted by atomic mass is 16.6. The molecule has 774 valence electrons. The molecule has 6 N–H and O–H groups in total. The number of hydrogen-bond acceptors (Lipinski definition) is 21. The zero-order valence-electron chi connectivity index (χ0n) is 87.3. The Hall–Kier alpha value is -15.2. The number of amides is 10. The summed E-state index contributed by atoms with van der Waals surface area (Å²) < 4.78 is 33.5. The second kappa shape index (κ2) is 45.6. The van der Waals surface area contributed by atoms with Crippen LogP contribution in [0.5, 0.6) is 11.5 Å². The Bertz CT molecular complexity index is 6460. The van der Waals surface area contributed by atoms with Crippen molar-refractivity contribution in [2.75, 3.05) is 33.8 Å². The molecule has 9 aromatic carbocycles. The standard InChI is InChI=1S/C114H137N17O16/c1-71(126(18)107(141)146-112(12,13)14)98(132)119-95(109(3,4)5)104(138)128-67-77-35-33-34-58-143-87-54-48-73(49-55-87)61-89(97-122-123-125-131(97)114(82-40-23-20-24-41-82,83-42-25-21-26-43-83)84-44-27-22-28-45-84)115-100(134)90(63-75-46-52-78-36-29-31-38-80(78)59-75)117-103(137)94-66-86(69-129(94)105(139)96(110(6,7)8)120-99(133)72(2)127(19)108(142)147-113(15,16)17)130-68-85(121-124-130)70-144-88-56-50-74(51-57-88)62-92(106(140)145-111(9,10)11)118-101(135)91(116-102(136)93(128)65-77)64-76-47-53-79-37-30-32-39-81(79)60-76/h20-34,36-57,59-60,68,71-72,77,86,89-96H,35,58,61-67,69-70H2,1-19H3,(H,115,134)(H,116,136)(H,117,137)(H,118,135)(H,119,132)(H,120,133)/t71-,72-,77-,86-,89-,90-,91-,92-,93-,94-,95+,96+/m0/s1. The molecule has 147 heavy (non-hydrogen) atoms. The normalized spacial score (nSPS) is 19.6. The van der Waals surface area contributed by atoms with E-state index in [1.54, 1.807) is 156 Å². The largest absolute Gasteiger partial charge is 0.490 e. The number of benzene rings is 9. The van der Waals surface area contributed by atoms with Gasteiger partial charge in [0.25, 0.3) is 0 Å². The highest BCUT2D eigenvalue weighted by Crippen LogP contribution is 2.43. The molecule has 10 bridgehead atoms. The van der Waals surface area contributed by atoms with Gasteiger partial charge in [0.2, 0.25) is 47.3 Å². The number of likely N-dealkylation sites (N-methyl/N-ethyl adjacent to an activating group) is 2. The molecular formula is C114H137N17O16. The number of nitrogens with zero attached hydrogens (tertiary/aromatic N) is 11. The van der Waals surface area contributed by atoms with Gasteiger partial charge in [-0.3, -0.25) is 48.2 Å². The van der Waals surface area contributed by atoms with Crippen molar-refractivity contribution in [3.8, 4) is 11.5 Å². The average molecular weight is 2000 g/mol. The summed E-state index contributed by atoms with van der Waals surface area (Å²) in [5.41, 5.74) is -0.926. The number of esters is 1. The van der Waals surface area contributed by atoms with Gasteiger partial charge in [-0.25, -0.2) is 23.7 Å². The number of tetrazole rings is 1. The van der Waals surface area contributed by atoms with Gasteiger partial charge in [0.05, 0.1) is 18.3 Å². The monoisotopic (exact) mass is 2000 g/mol. The fraction of sp³-hybridized carbons (Fsp3) is 0.421. The van der Waals surface area contributed by atoms with E-state index < -0.39 is 171 Å². The van der Waals surface area contributed by atoms with Crippen molar-refractivity contribution in [1.29, 1.82) is 0 Å². The molecule has 17 rings (SSSR count). The van der Waals surface area contributed by atoms with Gasteiger partial charge in [0, 0.05) is 59.3 Å². The first-order chi connectivity index (χ1) is 69.6. The molecule has 8 heterocycles. The van der Waals surface area contributed by atoms with Crippen molar-refractivity contribution in [3.05, 3.63) is 293 Å². The van der Waals surface area contributed by atoms with Gasteiger partial charge in [-0.2, -0.15) is 0 Å². The molecule has 6 aliphatic rings. The summed E-state index contributed by atoms with van der Waals surface area (Å²) >= 11 is 0. The van der Waals surface area contributed by atoms with E-state index in [0.717, 1.165) is 48.0 Å². The minimum absolute atomic E-state index is 0.0240. The Balaban J connectivity index is 0.855. The summed E-state index contributed by atoms with van der Waals surface area (Å²) in [5.74, 6) is -5.49. The maximum atomic E-state index is 16.6. The third-order valence-electron chi connectivity index (χ3n) is 26.7. The number of rotatable bonds is 18. The molecular weight excluding hydrogens is 1860 g/mol. The van der Waals surface area contributed by atoms with E-state index in [1.165, 1.54) is 37.7 Å². The number of nitrogens with one attached hydrogen (secondary N) is 6. The van der Waals surface area contributed by atoms with Crippen LogP contribution in [0, 0.1) is 16.7 Å². The highest BCUT2D eigenvalue weighted by Gasteiger charge is 2.51. The van der Waals surface area contributed by atoms with Gasteiger partial charge in [-0.05, 0) is 201 Å². The van der Waals surface area contributed by atoms with Crippen LogP contribution in [-0.2, 0) is 95.2 Å². The number of allylic oxidation sites excluding steroid dienone is 1. The predicted octanol–water partition coefficient (Wildman–Crippen LogP) is 14.2. The Morgan fingerprint density at radius 1 is 0.463 bits per heavy atom. The maximum absolute atomic E-state index is 16.6. The first-order valence-electron chi connectivity index (χ1n) is 50.1. The van der Waals surface area contributed by atoms with Gasteiger partial charge in [-0.1, -0.05) is 259 Å². The molecule has 2 aromatic heterocycles. The molecule has 10 amide bonds. The SMILES string of the molecule is C[C@@H](C(=O)N[C@H](C(=O)N1C[C@H]2CC=CCOc3ccc(cc3)C[C@@H](c3nnnn3C(c3ccccc3)(c3ccccc3)c3ccccc3)NC(=O)[C@H](Cc3ccc4ccccc4c3)NC(=O)[C@@H]3C[C@@H](CN3C(=O)[C@@H](NC(=O)[C@H](C)N(C)C(=O)OC(C)(C)C)C(C)(C)C)n3cc(nn3)COc3ccc(cc3)C[C@@H](C(=O)OC(C)(C)C)NC(=O)[C@H](Cc3ccc4ccccc4c3)NC(=O)[C@@H]1C2)C(C)(C)C)N(C)C(=O)OC(C)(C)C. The van der Waals surface area contributed by atoms with Crippen molar-refractivity contribution in [3.63, 3.8) is 0 Å².